The summed E-state index contributed by atoms with van der Waals surface area (Å²) in [6.45, 7) is 4.75. The van der Waals surface area contributed by atoms with Crippen molar-refractivity contribution in [2.24, 2.45) is 0 Å². The Morgan fingerprint density at radius 1 is 1.10 bits per heavy atom. The average Bonchev–Trinajstić information content (AvgIpc) is 3.20. The molecule has 5 nitrogen and oxygen atoms in total. The van der Waals surface area contributed by atoms with Crippen molar-refractivity contribution >= 4 is 0 Å². The molecular weight excluding hydrogens is 250 g/mol. The highest BCUT2D eigenvalue weighted by Crippen LogP contribution is 2.29. The van der Waals surface area contributed by atoms with Crippen LogP contribution in [0.2, 0.25) is 0 Å². The number of aromatic nitrogens is 4. The summed E-state index contributed by atoms with van der Waals surface area (Å²) in [6, 6.07) is 4.82. The zero-order valence-corrected chi connectivity index (χ0v) is 12.1. The smallest absolute Gasteiger partial charge is 0.0525 e. The number of nitrogens with zero attached hydrogens (tertiary/aromatic N) is 4. The second-order valence-electron chi connectivity index (χ2n) is 5.45. The van der Waals surface area contributed by atoms with Crippen LogP contribution in [0.25, 0.3) is 0 Å². The number of nitrogens with one attached hydrogen (secondary N) is 1. The Labute approximate surface area is 120 Å². The lowest BCUT2D eigenvalue weighted by atomic mass is 10.2. The van der Waals surface area contributed by atoms with Crippen LogP contribution in [0.3, 0.4) is 0 Å². The van der Waals surface area contributed by atoms with Crippen molar-refractivity contribution < 1.29 is 0 Å². The topological polar surface area (TPSA) is 47.7 Å². The molecule has 1 saturated carbocycles. The molecule has 0 radical (unpaired) electrons. The van der Waals surface area contributed by atoms with Crippen molar-refractivity contribution in [1.82, 2.24) is 24.9 Å². The van der Waals surface area contributed by atoms with Gasteiger partial charge in [0.1, 0.15) is 0 Å². The van der Waals surface area contributed by atoms with Crippen LogP contribution in [-0.2, 0) is 19.6 Å². The van der Waals surface area contributed by atoms with E-state index < -0.39 is 0 Å². The normalized spacial score (nSPS) is 16.1. The molecule has 0 aromatic carbocycles. The van der Waals surface area contributed by atoms with Crippen LogP contribution >= 0.6 is 0 Å². The monoisotopic (exact) mass is 273 g/mol. The molecule has 2 aromatic rings. The fraction of sp³-hybridized carbons (Fsp3) is 0.600. The molecule has 1 fully saturated rings. The molecule has 0 amide bonds. The van der Waals surface area contributed by atoms with Gasteiger partial charge in [0, 0.05) is 32.0 Å². The van der Waals surface area contributed by atoms with Gasteiger partial charge in [-0.15, -0.1) is 0 Å². The number of aryl methyl sites for hydroxylation is 1. The van der Waals surface area contributed by atoms with E-state index >= 15 is 0 Å². The van der Waals surface area contributed by atoms with Gasteiger partial charge in [0.15, 0.2) is 0 Å². The SMILES string of the molecule is CCn1nccc1CNCc1ccnn1C1CCCC1. The maximum atomic E-state index is 4.51. The standard InChI is InChI=1S/C15H23N5/c1-2-19-14(7-9-17-19)11-16-12-15-8-10-18-20(15)13-5-3-4-6-13/h7-10,13,16H,2-6,11-12H2,1H3. The summed E-state index contributed by atoms with van der Waals surface area (Å²) >= 11 is 0. The number of hydrogen-bond acceptors (Lipinski definition) is 3. The Morgan fingerprint density at radius 3 is 2.60 bits per heavy atom. The van der Waals surface area contributed by atoms with E-state index in [4.69, 9.17) is 0 Å². The molecule has 0 saturated heterocycles. The summed E-state index contributed by atoms with van der Waals surface area (Å²) in [7, 11) is 0. The molecule has 1 aliphatic carbocycles. The second kappa shape index (κ2) is 6.22. The Balaban J connectivity index is 1.57. The second-order valence-corrected chi connectivity index (χ2v) is 5.45. The zero-order valence-electron chi connectivity index (χ0n) is 12.1. The molecule has 0 unspecified atom stereocenters. The van der Waals surface area contributed by atoms with Crippen LogP contribution in [-0.4, -0.2) is 19.6 Å². The molecule has 3 rings (SSSR count). The lowest BCUT2D eigenvalue weighted by Crippen LogP contribution is -2.20. The summed E-state index contributed by atoms with van der Waals surface area (Å²) in [5.41, 5.74) is 2.53. The van der Waals surface area contributed by atoms with Crippen molar-refractivity contribution in [3.05, 3.63) is 35.9 Å². The highest BCUT2D eigenvalue weighted by Gasteiger charge is 2.19. The van der Waals surface area contributed by atoms with Crippen molar-refractivity contribution in [3.63, 3.8) is 0 Å². The largest absolute Gasteiger partial charge is 0.306 e. The van der Waals surface area contributed by atoms with Gasteiger partial charge in [0.25, 0.3) is 0 Å². The van der Waals surface area contributed by atoms with Crippen LogP contribution in [0.15, 0.2) is 24.5 Å². The van der Waals surface area contributed by atoms with Crippen molar-refractivity contribution in [2.45, 2.75) is 58.3 Å². The molecule has 2 heterocycles. The van der Waals surface area contributed by atoms with Crippen molar-refractivity contribution in [2.75, 3.05) is 0 Å². The van der Waals surface area contributed by atoms with Gasteiger partial charge in [-0.3, -0.25) is 9.36 Å². The Morgan fingerprint density at radius 2 is 1.80 bits per heavy atom. The van der Waals surface area contributed by atoms with E-state index in [2.05, 4.69) is 39.3 Å². The van der Waals surface area contributed by atoms with E-state index in [1.165, 1.54) is 37.1 Å². The third-order valence-corrected chi connectivity index (χ3v) is 4.14. The van der Waals surface area contributed by atoms with E-state index in [0.29, 0.717) is 6.04 Å². The predicted octanol–water partition coefficient (Wildman–Crippen LogP) is 2.50. The molecule has 2 aromatic heterocycles. The van der Waals surface area contributed by atoms with Gasteiger partial charge in [-0.2, -0.15) is 10.2 Å². The minimum atomic E-state index is 0.614. The Bertz CT molecular complexity index is 536. The first-order valence-electron chi connectivity index (χ1n) is 7.62. The quantitative estimate of drug-likeness (QED) is 0.879. The maximum absolute atomic E-state index is 4.51. The summed E-state index contributed by atoms with van der Waals surface area (Å²) in [4.78, 5) is 0. The fourth-order valence-electron chi connectivity index (χ4n) is 3.07. The molecule has 0 spiro atoms. The first-order chi connectivity index (χ1) is 9.88. The van der Waals surface area contributed by atoms with Crippen LogP contribution < -0.4 is 5.32 Å². The van der Waals surface area contributed by atoms with E-state index in [0.717, 1.165) is 19.6 Å². The van der Waals surface area contributed by atoms with Gasteiger partial charge in [0.2, 0.25) is 0 Å². The number of rotatable bonds is 6. The molecule has 0 atom stereocenters. The lowest BCUT2D eigenvalue weighted by molar-refractivity contribution is 0.440. The molecule has 0 bridgehead atoms. The minimum absolute atomic E-state index is 0.614. The van der Waals surface area contributed by atoms with Gasteiger partial charge in [-0.25, -0.2) is 0 Å². The lowest BCUT2D eigenvalue weighted by Gasteiger charge is -2.14. The third kappa shape index (κ3) is 2.77. The molecular formula is C15H23N5. The van der Waals surface area contributed by atoms with Gasteiger partial charge >= 0.3 is 0 Å². The van der Waals surface area contributed by atoms with Gasteiger partial charge in [-0.05, 0) is 31.9 Å². The first kappa shape index (κ1) is 13.4. The predicted molar refractivity (Wildman–Crippen MR) is 78.2 cm³/mol. The molecule has 5 heteroatoms. The van der Waals surface area contributed by atoms with E-state index in [9.17, 15) is 0 Å². The van der Waals surface area contributed by atoms with Crippen LogP contribution in [0, 0.1) is 0 Å². The van der Waals surface area contributed by atoms with Crippen LogP contribution in [0.1, 0.15) is 50.0 Å². The van der Waals surface area contributed by atoms with E-state index in [1.807, 2.05) is 17.1 Å². The van der Waals surface area contributed by atoms with Crippen molar-refractivity contribution in [3.8, 4) is 0 Å². The fourth-order valence-corrected chi connectivity index (χ4v) is 3.07. The number of hydrogen-bond donors (Lipinski definition) is 1. The molecule has 1 aliphatic rings. The zero-order chi connectivity index (χ0) is 13.8. The Kier molecular flexibility index (Phi) is 4.16. The summed E-state index contributed by atoms with van der Waals surface area (Å²) in [5.74, 6) is 0. The first-order valence-corrected chi connectivity index (χ1v) is 7.62. The summed E-state index contributed by atoms with van der Waals surface area (Å²) < 4.78 is 4.25. The maximum Gasteiger partial charge on any atom is 0.0525 e. The van der Waals surface area contributed by atoms with Crippen LogP contribution in [0.4, 0.5) is 0 Å². The molecule has 0 aliphatic heterocycles. The van der Waals surface area contributed by atoms with Crippen molar-refractivity contribution in [1.29, 1.82) is 0 Å². The van der Waals surface area contributed by atoms with E-state index in [1.54, 1.807) is 0 Å². The van der Waals surface area contributed by atoms with E-state index in [-0.39, 0.29) is 0 Å². The Hall–Kier alpha value is -1.62. The molecule has 108 valence electrons. The summed E-state index contributed by atoms with van der Waals surface area (Å²) in [5, 5.41) is 12.3. The summed E-state index contributed by atoms with van der Waals surface area (Å²) in [6.07, 6.45) is 9.02. The highest BCUT2D eigenvalue weighted by atomic mass is 15.3. The van der Waals surface area contributed by atoms with Gasteiger partial charge in [-0.1, -0.05) is 12.8 Å². The average molecular weight is 273 g/mol. The van der Waals surface area contributed by atoms with Gasteiger partial charge < -0.3 is 5.32 Å². The molecule has 1 N–H and O–H groups in total. The highest BCUT2D eigenvalue weighted by molar-refractivity contribution is 5.04. The van der Waals surface area contributed by atoms with Crippen LogP contribution in [0.5, 0.6) is 0 Å². The van der Waals surface area contributed by atoms with Gasteiger partial charge in [0.05, 0.1) is 17.4 Å². The third-order valence-electron chi connectivity index (χ3n) is 4.14. The molecule has 20 heavy (non-hydrogen) atoms. The minimum Gasteiger partial charge on any atom is -0.306 e.